The third-order valence-corrected chi connectivity index (χ3v) is 4.85. The first-order chi connectivity index (χ1) is 9.33. The molecule has 2 heteroatoms. The van der Waals surface area contributed by atoms with Crippen LogP contribution >= 0.6 is 0 Å². The molecule has 1 atom stereocenters. The zero-order valence-corrected chi connectivity index (χ0v) is 15.6. The molecule has 1 aliphatic carbocycles. The third kappa shape index (κ3) is 5.73. The van der Waals surface area contributed by atoms with Crippen molar-refractivity contribution in [1.29, 1.82) is 0 Å². The van der Waals surface area contributed by atoms with Crippen molar-refractivity contribution < 1.29 is 4.79 Å². The molecule has 2 nitrogen and oxygen atoms in total. The average Bonchev–Trinajstić information content (AvgIpc) is 2.77. The van der Waals surface area contributed by atoms with E-state index in [0.717, 1.165) is 12.3 Å². The fourth-order valence-corrected chi connectivity index (χ4v) is 3.65. The van der Waals surface area contributed by atoms with Crippen LogP contribution < -0.4 is 5.32 Å². The molecule has 0 amide bonds. The normalized spacial score (nSPS) is 19.8. The van der Waals surface area contributed by atoms with Crippen molar-refractivity contribution in [3.63, 3.8) is 0 Å². The van der Waals surface area contributed by atoms with Crippen molar-refractivity contribution in [2.75, 3.05) is 0 Å². The van der Waals surface area contributed by atoms with E-state index in [0.29, 0.717) is 5.78 Å². The molecule has 1 fully saturated rings. The second kappa shape index (κ2) is 6.40. The summed E-state index contributed by atoms with van der Waals surface area (Å²) in [5, 5.41) is 3.59. The molecule has 1 rings (SSSR count). The van der Waals surface area contributed by atoms with Crippen LogP contribution in [0.15, 0.2) is 0 Å². The minimum atomic E-state index is -0.283. The van der Waals surface area contributed by atoms with Gasteiger partial charge in [0, 0.05) is 11.0 Å². The summed E-state index contributed by atoms with van der Waals surface area (Å²) in [5.41, 5.74) is -0.0771. The Morgan fingerprint density at radius 2 is 1.48 bits per heavy atom. The molecule has 1 aliphatic rings. The van der Waals surface area contributed by atoms with Crippen molar-refractivity contribution in [3.8, 4) is 0 Å². The molecule has 0 aromatic rings. The zero-order chi connectivity index (χ0) is 16.5. The maximum absolute atomic E-state index is 12.9. The summed E-state index contributed by atoms with van der Waals surface area (Å²) in [6.45, 7) is 17.3. The highest BCUT2D eigenvalue weighted by molar-refractivity contribution is 5.88. The van der Waals surface area contributed by atoms with E-state index in [1.165, 1.54) is 25.7 Å². The summed E-state index contributed by atoms with van der Waals surface area (Å²) in [7, 11) is 0. The van der Waals surface area contributed by atoms with Gasteiger partial charge in [-0.05, 0) is 51.4 Å². The first kappa shape index (κ1) is 18.7. The van der Waals surface area contributed by atoms with Crippen LogP contribution in [-0.4, -0.2) is 17.4 Å². The van der Waals surface area contributed by atoms with E-state index in [-0.39, 0.29) is 22.4 Å². The van der Waals surface area contributed by atoms with Crippen LogP contribution in [0.4, 0.5) is 0 Å². The van der Waals surface area contributed by atoms with Crippen molar-refractivity contribution >= 4 is 5.78 Å². The van der Waals surface area contributed by atoms with Gasteiger partial charge in [-0.2, -0.15) is 0 Å². The van der Waals surface area contributed by atoms with Crippen LogP contribution in [0.5, 0.6) is 0 Å². The van der Waals surface area contributed by atoms with E-state index < -0.39 is 0 Å². The quantitative estimate of drug-likeness (QED) is 0.776. The van der Waals surface area contributed by atoms with Gasteiger partial charge in [-0.1, -0.05) is 47.5 Å². The number of ketones is 1. The highest BCUT2D eigenvalue weighted by atomic mass is 16.1. The Balaban J connectivity index is 2.88. The Hall–Kier alpha value is -0.370. The Morgan fingerprint density at radius 1 is 1.00 bits per heavy atom. The number of carbonyl (C=O) groups is 1. The molecule has 1 saturated carbocycles. The molecule has 0 saturated heterocycles. The molecular weight excluding hydrogens is 258 g/mol. The summed E-state index contributed by atoms with van der Waals surface area (Å²) in [6, 6.07) is -0.0411. The molecule has 0 heterocycles. The van der Waals surface area contributed by atoms with Crippen molar-refractivity contribution in [1.82, 2.24) is 5.32 Å². The van der Waals surface area contributed by atoms with Gasteiger partial charge in [0.25, 0.3) is 0 Å². The van der Waals surface area contributed by atoms with Crippen molar-refractivity contribution in [3.05, 3.63) is 0 Å². The van der Waals surface area contributed by atoms with Crippen LogP contribution in [-0.2, 0) is 4.79 Å². The molecule has 0 aromatic carbocycles. The summed E-state index contributed by atoms with van der Waals surface area (Å²) in [6.07, 6.45) is 6.33. The van der Waals surface area contributed by atoms with E-state index in [4.69, 9.17) is 0 Å². The molecular formula is C19H37NO. The SMILES string of the molecule is CC(C)(C)NC(CC(C)(C)C1CCCC1)C(=O)C(C)(C)C. The van der Waals surface area contributed by atoms with Crippen LogP contribution in [0.1, 0.15) is 87.5 Å². The van der Waals surface area contributed by atoms with Gasteiger partial charge in [0.15, 0.2) is 5.78 Å². The maximum atomic E-state index is 12.9. The Morgan fingerprint density at radius 3 is 1.86 bits per heavy atom. The van der Waals surface area contributed by atoms with Gasteiger partial charge < -0.3 is 5.32 Å². The van der Waals surface area contributed by atoms with Gasteiger partial charge in [0.2, 0.25) is 0 Å². The highest BCUT2D eigenvalue weighted by Gasteiger charge is 2.39. The minimum absolute atomic E-state index is 0.0304. The Kier molecular flexibility index (Phi) is 5.69. The van der Waals surface area contributed by atoms with Gasteiger partial charge in [-0.25, -0.2) is 0 Å². The topological polar surface area (TPSA) is 29.1 Å². The smallest absolute Gasteiger partial charge is 0.155 e. The van der Waals surface area contributed by atoms with Gasteiger partial charge in [-0.15, -0.1) is 0 Å². The first-order valence-electron chi connectivity index (χ1n) is 8.65. The van der Waals surface area contributed by atoms with Gasteiger partial charge in [-0.3, -0.25) is 4.79 Å². The van der Waals surface area contributed by atoms with E-state index in [9.17, 15) is 4.79 Å². The monoisotopic (exact) mass is 295 g/mol. The lowest BCUT2D eigenvalue weighted by Gasteiger charge is -2.39. The fourth-order valence-electron chi connectivity index (χ4n) is 3.65. The highest BCUT2D eigenvalue weighted by Crippen LogP contribution is 2.43. The van der Waals surface area contributed by atoms with Gasteiger partial charge in [0.05, 0.1) is 6.04 Å². The zero-order valence-electron chi connectivity index (χ0n) is 15.6. The van der Waals surface area contributed by atoms with E-state index in [1.807, 2.05) is 20.8 Å². The second-order valence-electron chi connectivity index (χ2n) is 9.74. The minimum Gasteiger partial charge on any atom is -0.303 e. The number of Topliss-reactive ketones (excluding diaryl/α,β-unsaturated/α-hetero) is 1. The molecule has 21 heavy (non-hydrogen) atoms. The lowest BCUT2D eigenvalue weighted by molar-refractivity contribution is -0.130. The number of rotatable bonds is 5. The summed E-state index contributed by atoms with van der Waals surface area (Å²) >= 11 is 0. The standard InChI is InChI=1S/C19H37NO/c1-17(2,3)16(21)15(20-18(4,5)6)13-19(7,8)14-11-9-10-12-14/h14-15,20H,9-13H2,1-8H3. The largest absolute Gasteiger partial charge is 0.303 e. The Labute approximate surface area is 132 Å². The maximum Gasteiger partial charge on any atom is 0.155 e. The first-order valence-corrected chi connectivity index (χ1v) is 8.65. The summed E-state index contributed by atoms with van der Waals surface area (Å²) in [4.78, 5) is 12.9. The lowest BCUT2D eigenvalue weighted by atomic mass is 9.70. The lowest BCUT2D eigenvalue weighted by Crippen LogP contribution is -2.52. The van der Waals surface area contributed by atoms with Crippen LogP contribution in [0, 0.1) is 16.7 Å². The molecule has 1 unspecified atom stereocenters. The van der Waals surface area contributed by atoms with Gasteiger partial charge in [0.1, 0.15) is 0 Å². The van der Waals surface area contributed by atoms with Crippen LogP contribution in [0.2, 0.25) is 0 Å². The summed E-state index contributed by atoms with van der Waals surface area (Å²) in [5.74, 6) is 1.12. The number of nitrogens with one attached hydrogen (secondary N) is 1. The molecule has 0 bridgehead atoms. The third-order valence-electron chi connectivity index (χ3n) is 4.85. The molecule has 1 N–H and O–H groups in total. The average molecular weight is 296 g/mol. The molecule has 0 spiro atoms. The molecule has 124 valence electrons. The predicted molar refractivity (Wildman–Crippen MR) is 91.5 cm³/mol. The fraction of sp³-hybridized carbons (Fsp3) is 0.947. The molecule has 0 aliphatic heterocycles. The van der Waals surface area contributed by atoms with Crippen molar-refractivity contribution in [2.45, 2.75) is 99.1 Å². The molecule has 0 aromatic heterocycles. The van der Waals surface area contributed by atoms with Crippen molar-refractivity contribution in [2.24, 2.45) is 16.7 Å². The number of carbonyl (C=O) groups excluding carboxylic acids is 1. The number of hydrogen-bond acceptors (Lipinski definition) is 2. The predicted octanol–water partition coefficient (Wildman–Crippen LogP) is 4.96. The number of hydrogen-bond donors (Lipinski definition) is 1. The summed E-state index contributed by atoms with van der Waals surface area (Å²) < 4.78 is 0. The van der Waals surface area contributed by atoms with E-state index in [1.54, 1.807) is 0 Å². The van der Waals surface area contributed by atoms with E-state index >= 15 is 0 Å². The van der Waals surface area contributed by atoms with Crippen LogP contribution in [0.25, 0.3) is 0 Å². The van der Waals surface area contributed by atoms with Gasteiger partial charge >= 0.3 is 0 Å². The molecule has 0 radical (unpaired) electrons. The van der Waals surface area contributed by atoms with Crippen LogP contribution in [0.3, 0.4) is 0 Å². The van der Waals surface area contributed by atoms with E-state index in [2.05, 4.69) is 39.9 Å². The second-order valence-corrected chi connectivity index (χ2v) is 9.74. The Bertz CT molecular complexity index is 351.